The highest BCUT2D eigenvalue weighted by Crippen LogP contribution is 2.48. The number of hydrogen-bond acceptors (Lipinski definition) is 4. The second-order valence-electron chi connectivity index (χ2n) is 7.67. The van der Waals surface area contributed by atoms with Crippen molar-refractivity contribution >= 4 is 23.9 Å². The average molecular weight is 370 g/mol. The van der Waals surface area contributed by atoms with E-state index in [0.29, 0.717) is 38.5 Å². The zero-order valence-corrected chi connectivity index (χ0v) is 14.7. The maximum absolute atomic E-state index is 11.8. The van der Waals surface area contributed by atoms with E-state index < -0.39 is 59.4 Å². The van der Waals surface area contributed by atoms with Crippen LogP contribution in [0.2, 0.25) is 0 Å². The van der Waals surface area contributed by atoms with E-state index in [4.69, 9.17) is 0 Å². The molecule has 4 N–H and O–H groups in total. The van der Waals surface area contributed by atoms with E-state index in [2.05, 4.69) is 0 Å². The lowest BCUT2D eigenvalue weighted by molar-refractivity contribution is -0.164. The molecule has 6 atom stereocenters. The van der Waals surface area contributed by atoms with E-state index in [-0.39, 0.29) is 5.92 Å². The largest absolute Gasteiger partial charge is 0.481 e. The summed E-state index contributed by atoms with van der Waals surface area (Å²) in [5, 5.41) is 38.0. The van der Waals surface area contributed by atoms with Crippen LogP contribution in [0.1, 0.15) is 45.4 Å². The van der Waals surface area contributed by atoms with Crippen molar-refractivity contribution in [3.05, 3.63) is 0 Å². The lowest BCUT2D eigenvalue weighted by Crippen LogP contribution is -2.47. The van der Waals surface area contributed by atoms with E-state index >= 15 is 0 Å². The maximum Gasteiger partial charge on any atom is 0.307 e. The first kappa shape index (κ1) is 20.2. The summed E-state index contributed by atoms with van der Waals surface area (Å²) >= 11 is 0. The first-order valence-electron chi connectivity index (χ1n) is 9.08. The van der Waals surface area contributed by atoms with E-state index in [9.17, 15) is 39.6 Å². The Balaban J connectivity index is 2.32. The van der Waals surface area contributed by atoms with Crippen molar-refractivity contribution in [2.24, 2.45) is 41.4 Å². The molecule has 0 spiro atoms. The van der Waals surface area contributed by atoms with Gasteiger partial charge in [0, 0.05) is 0 Å². The Morgan fingerprint density at radius 2 is 1.00 bits per heavy atom. The van der Waals surface area contributed by atoms with Crippen LogP contribution in [0.3, 0.4) is 0 Å². The fraction of sp³-hybridized carbons (Fsp3) is 0.778. The van der Waals surface area contributed by atoms with Crippen LogP contribution < -0.4 is 0 Å². The average Bonchev–Trinajstić information content (AvgIpc) is 2.59. The monoisotopic (exact) mass is 370 g/mol. The lowest BCUT2D eigenvalue weighted by Gasteiger charge is -2.44. The molecule has 8 nitrogen and oxygen atoms in total. The normalized spacial score (nSPS) is 36.0. The summed E-state index contributed by atoms with van der Waals surface area (Å²) in [6.07, 6.45) is 2.76. The summed E-state index contributed by atoms with van der Waals surface area (Å²) in [4.78, 5) is 46.5. The molecular formula is C18H26O8. The number of rotatable bonds is 6. The number of carboxylic acids is 4. The predicted octanol–water partition coefficient (Wildman–Crippen LogP) is 2.03. The van der Waals surface area contributed by atoms with Crippen LogP contribution in [0.15, 0.2) is 0 Å². The van der Waals surface area contributed by atoms with Crippen LogP contribution in [0.4, 0.5) is 0 Å². The smallest absolute Gasteiger partial charge is 0.307 e. The summed E-state index contributed by atoms with van der Waals surface area (Å²) < 4.78 is 0. The van der Waals surface area contributed by atoms with Gasteiger partial charge in [0.25, 0.3) is 0 Å². The van der Waals surface area contributed by atoms with Crippen LogP contribution in [-0.2, 0) is 19.2 Å². The van der Waals surface area contributed by atoms with Crippen molar-refractivity contribution in [2.45, 2.75) is 45.4 Å². The van der Waals surface area contributed by atoms with Gasteiger partial charge in [-0.3, -0.25) is 19.2 Å². The Labute approximate surface area is 151 Å². The topological polar surface area (TPSA) is 149 Å². The molecule has 26 heavy (non-hydrogen) atoms. The van der Waals surface area contributed by atoms with Crippen LogP contribution in [0.25, 0.3) is 0 Å². The molecule has 2 fully saturated rings. The van der Waals surface area contributed by atoms with Gasteiger partial charge in [0.1, 0.15) is 0 Å². The SMILES string of the molecule is CC(C1CCCC(C(=O)O)C1C(=O)O)C1CCCC(C(=O)O)C1C(=O)O. The van der Waals surface area contributed by atoms with E-state index in [1.807, 2.05) is 0 Å². The highest BCUT2D eigenvalue weighted by Gasteiger charge is 2.50. The molecule has 0 amide bonds. The first-order chi connectivity index (χ1) is 12.2. The van der Waals surface area contributed by atoms with Crippen LogP contribution >= 0.6 is 0 Å². The third-order valence-electron chi connectivity index (χ3n) is 6.45. The molecule has 2 aliphatic rings. The number of carbonyl (C=O) groups is 4. The fourth-order valence-electron chi connectivity index (χ4n) is 5.22. The molecule has 146 valence electrons. The number of hydrogen-bond donors (Lipinski definition) is 4. The Kier molecular flexibility index (Phi) is 6.26. The molecule has 6 unspecified atom stereocenters. The van der Waals surface area contributed by atoms with E-state index in [1.54, 1.807) is 6.92 Å². The van der Waals surface area contributed by atoms with E-state index in [1.165, 1.54) is 0 Å². The van der Waals surface area contributed by atoms with Crippen molar-refractivity contribution in [1.29, 1.82) is 0 Å². The quantitative estimate of drug-likeness (QED) is 0.555. The van der Waals surface area contributed by atoms with E-state index in [0.717, 1.165) is 0 Å². The third-order valence-corrected chi connectivity index (χ3v) is 6.45. The van der Waals surface area contributed by atoms with Crippen LogP contribution in [-0.4, -0.2) is 44.3 Å². The van der Waals surface area contributed by atoms with Gasteiger partial charge in [-0.2, -0.15) is 0 Å². The molecule has 0 aromatic carbocycles. The minimum Gasteiger partial charge on any atom is -0.481 e. The van der Waals surface area contributed by atoms with Crippen molar-refractivity contribution in [1.82, 2.24) is 0 Å². The molecule has 8 heteroatoms. The van der Waals surface area contributed by atoms with Crippen LogP contribution in [0, 0.1) is 41.4 Å². The van der Waals surface area contributed by atoms with Crippen molar-refractivity contribution in [3.8, 4) is 0 Å². The molecule has 0 bridgehead atoms. The Bertz CT molecular complexity index is 536. The van der Waals surface area contributed by atoms with Gasteiger partial charge < -0.3 is 20.4 Å². The maximum atomic E-state index is 11.8. The van der Waals surface area contributed by atoms with Gasteiger partial charge in [-0.15, -0.1) is 0 Å². The molecule has 0 radical (unpaired) electrons. The van der Waals surface area contributed by atoms with Gasteiger partial charge in [0.05, 0.1) is 23.7 Å². The minimum absolute atomic E-state index is 0.292. The standard InChI is InChI=1S/C18H26O8/c1-8(9-4-2-6-11(15(19)20)13(9)17(23)24)10-5-3-7-12(16(21)22)14(10)18(25)26/h8-14H,2-7H2,1H3,(H,19,20)(H,21,22)(H,23,24)(H,25,26). The third kappa shape index (κ3) is 3.83. The molecule has 0 aliphatic heterocycles. The number of carboxylic acid groups (broad SMARTS) is 4. The molecule has 0 saturated heterocycles. The molecular weight excluding hydrogens is 344 g/mol. The Morgan fingerprint density at radius 1 is 0.654 bits per heavy atom. The minimum atomic E-state index is -1.17. The van der Waals surface area contributed by atoms with Gasteiger partial charge in [-0.05, 0) is 43.4 Å². The Morgan fingerprint density at radius 3 is 1.27 bits per heavy atom. The highest BCUT2D eigenvalue weighted by atomic mass is 16.4. The highest BCUT2D eigenvalue weighted by molar-refractivity contribution is 5.81. The summed E-state index contributed by atoms with van der Waals surface area (Å²) in [5.41, 5.74) is 0. The molecule has 0 aromatic heterocycles. The zero-order valence-electron chi connectivity index (χ0n) is 14.7. The lowest BCUT2D eigenvalue weighted by atomic mass is 9.59. The molecule has 2 rings (SSSR count). The molecule has 2 saturated carbocycles. The van der Waals surface area contributed by atoms with Crippen molar-refractivity contribution in [2.75, 3.05) is 0 Å². The van der Waals surface area contributed by atoms with Crippen molar-refractivity contribution < 1.29 is 39.6 Å². The molecule has 0 aromatic rings. The van der Waals surface area contributed by atoms with Gasteiger partial charge in [0.15, 0.2) is 0 Å². The summed E-state index contributed by atoms with van der Waals surface area (Å²) in [7, 11) is 0. The van der Waals surface area contributed by atoms with Gasteiger partial charge in [-0.1, -0.05) is 19.8 Å². The fourth-order valence-corrected chi connectivity index (χ4v) is 5.22. The number of aliphatic carboxylic acids is 4. The first-order valence-corrected chi connectivity index (χ1v) is 9.08. The second kappa shape index (κ2) is 8.05. The molecule has 0 heterocycles. The van der Waals surface area contributed by atoms with Gasteiger partial charge >= 0.3 is 23.9 Å². The van der Waals surface area contributed by atoms with Gasteiger partial charge in [-0.25, -0.2) is 0 Å². The zero-order chi connectivity index (χ0) is 19.6. The van der Waals surface area contributed by atoms with Gasteiger partial charge in [0.2, 0.25) is 0 Å². The van der Waals surface area contributed by atoms with Crippen LogP contribution in [0.5, 0.6) is 0 Å². The second-order valence-corrected chi connectivity index (χ2v) is 7.67. The Hall–Kier alpha value is -2.12. The summed E-state index contributed by atoms with van der Waals surface area (Å²) in [6.45, 7) is 1.76. The van der Waals surface area contributed by atoms with Crippen molar-refractivity contribution in [3.63, 3.8) is 0 Å². The summed E-state index contributed by atoms with van der Waals surface area (Å²) in [6, 6.07) is 0. The predicted molar refractivity (Wildman–Crippen MR) is 88.3 cm³/mol. The molecule has 2 aliphatic carbocycles. The summed E-state index contributed by atoms with van der Waals surface area (Å²) in [5.74, 6) is -10.1.